The maximum Gasteiger partial charge on any atom is 0.317 e. The molecule has 0 unspecified atom stereocenters. The molecule has 150 valence electrons. The van der Waals surface area contributed by atoms with Crippen LogP contribution in [0.2, 0.25) is 0 Å². The molecular weight excluding hydrogens is 450 g/mol. The van der Waals surface area contributed by atoms with Crippen molar-refractivity contribution in [3.05, 3.63) is 72.2 Å². The highest BCUT2D eigenvalue weighted by Gasteiger charge is 2.03. The Morgan fingerprint density at radius 1 is 0.964 bits per heavy atom. The zero-order valence-corrected chi connectivity index (χ0v) is 17.6. The Morgan fingerprint density at radius 2 is 1.61 bits per heavy atom. The minimum atomic E-state index is -3.72. The summed E-state index contributed by atoms with van der Waals surface area (Å²) in [6.07, 6.45) is 1.66. The Hall–Kier alpha value is -2.13. The molecule has 0 atom stereocenters. The molecule has 28 heavy (non-hydrogen) atoms. The van der Waals surface area contributed by atoms with E-state index in [1.807, 2.05) is 30.3 Å². The molecule has 0 amide bonds. The van der Waals surface area contributed by atoms with Crippen molar-refractivity contribution in [3.8, 4) is 0 Å². The third kappa shape index (κ3) is 9.18. The number of para-hydroxylation sites is 1. The van der Waals surface area contributed by atoms with Crippen molar-refractivity contribution in [2.45, 2.75) is 6.92 Å². The van der Waals surface area contributed by atoms with Crippen molar-refractivity contribution in [2.24, 2.45) is 0 Å². The summed E-state index contributed by atoms with van der Waals surface area (Å²) in [5.41, 5.74) is 2.28. The molecule has 0 saturated heterocycles. The minimum absolute atomic E-state index is 0. The first kappa shape index (κ1) is 23.9. The number of halogens is 4. The molecule has 2 N–H and O–H groups in total. The molecule has 11 heteroatoms. The fraction of sp³-hybridized carbons (Fsp3) is 0.0588. The normalized spacial score (nSPS) is 10.1. The fourth-order valence-corrected chi connectivity index (χ4v) is 2.01. The first-order valence-electron chi connectivity index (χ1n) is 7.53. The molecule has 0 bridgehead atoms. The van der Waals surface area contributed by atoms with Crippen LogP contribution in [0.15, 0.2) is 60.8 Å². The monoisotopic (exact) mass is 464 g/mol. The molecule has 0 saturated carbocycles. The highest BCUT2D eigenvalue weighted by Crippen LogP contribution is 2.19. The molecule has 0 fully saturated rings. The maximum atomic E-state index is 13.3. The summed E-state index contributed by atoms with van der Waals surface area (Å²) in [5, 5.41) is 6.27. The number of nitrogens with zero attached hydrogens (tertiary/aromatic N) is 2. The van der Waals surface area contributed by atoms with E-state index in [-0.39, 0.29) is 18.2 Å². The van der Waals surface area contributed by atoms with Gasteiger partial charge in [-0.3, -0.25) is 0 Å². The summed E-state index contributed by atoms with van der Waals surface area (Å²) < 4.78 is 31.6. The SMILES string of the molecule is Cc1cc(Nc2ccnc(Nc3ccccc3)n2)ccc1F.Cl.O=S(=O)(Cl)Cl. The minimum Gasteiger partial charge on any atom is -0.340 e. The van der Waals surface area contributed by atoms with E-state index in [1.54, 1.807) is 31.3 Å². The summed E-state index contributed by atoms with van der Waals surface area (Å²) in [6, 6.07) is 16.3. The van der Waals surface area contributed by atoms with Gasteiger partial charge in [0.1, 0.15) is 11.6 Å². The van der Waals surface area contributed by atoms with Crippen LogP contribution in [0.4, 0.5) is 27.5 Å². The predicted molar refractivity (Wildman–Crippen MR) is 114 cm³/mol. The van der Waals surface area contributed by atoms with Gasteiger partial charge in [-0.25, -0.2) is 9.37 Å². The van der Waals surface area contributed by atoms with E-state index in [9.17, 15) is 4.39 Å². The second-order valence-electron chi connectivity index (χ2n) is 5.22. The molecular formula is C17H16Cl3FN4O2S. The molecule has 0 aliphatic rings. The first-order chi connectivity index (χ1) is 12.7. The Kier molecular flexibility index (Phi) is 9.40. The van der Waals surface area contributed by atoms with Crippen LogP contribution in [0.25, 0.3) is 0 Å². The molecule has 0 radical (unpaired) electrons. The van der Waals surface area contributed by atoms with Crippen LogP contribution in [-0.4, -0.2) is 18.4 Å². The summed E-state index contributed by atoms with van der Waals surface area (Å²) in [5.74, 6) is 0.911. The van der Waals surface area contributed by atoms with Crippen molar-refractivity contribution in [2.75, 3.05) is 10.6 Å². The fourth-order valence-electron chi connectivity index (χ4n) is 2.01. The Balaban J connectivity index is 0.000000584. The van der Waals surface area contributed by atoms with Gasteiger partial charge >= 0.3 is 8.26 Å². The van der Waals surface area contributed by atoms with Crippen LogP contribution in [0.5, 0.6) is 0 Å². The van der Waals surface area contributed by atoms with Gasteiger partial charge in [-0.2, -0.15) is 13.4 Å². The van der Waals surface area contributed by atoms with Gasteiger partial charge in [-0.1, -0.05) is 18.2 Å². The molecule has 3 aromatic rings. The number of anilines is 4. The Labute approximate surface area is 177 Å². The summed E-state index contributed by atoms with van der Waals surface area (Å²) in [4.78, 5) is 8.57. The molecule has 0 spiro atoms. The molecule has 6 nitrogen and oxygen atoms in total. The summed E-state index contributed by atoms with van der Waals surface area (Å²) in [6.45, 7) is 1.73. The summed E-state index contributed by atoms with van der Waals surface area (Å²) >= 11 is 0. The van der Waals surface area contributed by atoms with Crippen molar-refractivity contribution in [1.82, 2.24) is 9.97 Å². The van der Waals surface area contributed by atoms with Gasteiger partial charge in [-0.15, -0.1) is 12.4 Å². The highest BCUT2D eigenvalue weighted by molar-refractivity contribution is 8.31. The van der Waals surface area contributed by atoms with E-state index in [0.717, 1.165) is 11.4 Å². The molecule has 1 heterocycles. The third-order valence-electron chi connectivity index (χ3n) is 3.12. The van der Waals surface area contributed by atoms with Gasteiger partial charge in [0.25, 0.3) is 0 Å². The van der Waals surface area contributed by atoms with E-state index in [1.165, 1.54) is 6.07 Å². The second kappa shape index (κ2) is 11.0. The van der Waals surface area contributed by atoms with E-state index in [2.05, 4.69) is 42.0 Å². The van der Waals surface area contributed by atoms with Gasteiger partial charge in [0, 0.05) is 38.9 Å². The Bertz CT molecular complexity index is 1000. The Morgan fingerprint density at radius 3 is 2.21 bits per heavy atom. The van der Waals surface area contributed by atoms with E-state index < -0.39 is 8.26 Å². The van der Waals surface area contributed by atoms with Gasteiger partial charge in [0.15, 0.2) is 0 Å². The number of rotatable bonds is 4. The van der Waals surface area contributed by atoms with E-state index in [4.69, 9.17) is 8.42 Å². The molecule has 3 rings (SSSR count). The number of hydrogen-bond acceptors (Lipinski definition) is 6. The smallest absolute Gasteiger partial charge is 0.317 e. The van der Waals surface area contributed by atoms with Crippen molar-refractivity contribution in [1.29, 1.82) is 0 Å². The highest BCUT2D eigenvalue weighted by atomic mass is 36.0. The molecule has 0 aliphatic heterocycles. The van der Waals surface area contributed by atoms with Crippen LogP contribution in [0, 0.1) is 12.7 Å². The van der Waals surface area contributed by atoms with Crippen molar-refractivity contribution in [3.63, 3.8) is 0 Å². The van der Waals surface area contributed by atoms with Crippen LogP contribution in [0.3, 0.4) is 0 Å². The van der Waals surface area contributed by atoms with Gasteiger partial charge in [-0.05, 0) is 48.9 Å². The number of aromatic nitrogens is 2. The van der Waals surface area contributed by atoms with Crippen LogP contribution >= 0.6 is 33.8 Å². The van der Waals surface area contributed by atoms with Crippen LogP contribution in [-0.2, 0) is 8.26 Å². The number of benzene rings is 2. The van der Waals surface area contributed by atoms with Crippen LogP contribution in [0.1, 0.15) is 5.56 Å². The average molecular weight is 466 g/mol. The number of aryl methyl sites for hydroxylation is 1. The number of hydrogen-bond donors (Lipinski definition) is 2. The van der Waals surface area contributed by atoms with Crippen molar-refractivity contribution >= 4 is 65.2 Å². The van der Waals surface area contributed by atoms with Gasteiger partial charge in [0.2, 0.25) is 5.95 Å². The third-order valence-corrected chi connectivity index (χ3v) is 3.12. The first-order valence-corrected chi connectivity index (χ1v) is 10.7. The maximum absolute atomic E-state index is 13.3. The zero-order valence-electron chi connectivity index (χ0n) is 14.4. The van der Waals surface area contributed by atoms with Gasteiger partial charge < -0.3 is 10.6 Å². The van der Waals surface area contributed by atoms with Gasteiger partial charge in [0.05, 0.1) is 0 Å². The van der Waals surface area contributed by atoms with Crippen molar-refractivity contribution < 1.29 is 12.8 Å². The molecule has 1 aromatic heterocycles. The molecule has 2 aromatic carbocycles. The average Bonchev–Trinajstić information content (AvgIpc) is 2.58. The summed E-state index contributed by atoms with van der Waals surface area (Å²) in [7, 11) is 4.81. The predicted octanol–water partition coefficient (Wildman–Crippen LogP) is 5.54. The lowest BCUT2D eigenvalue weighted by atomic mass is 10.2. The van der Waals surface area contributed by atoms with E-state index in [0.29, 0.717) is 17.3 Å². The lowest BCUT2D eigenvalue weighted by molar-refractivity contribution is 0.618. The number of nitrogens with one attached hydrogen (secondary N) is 2. The lowest BCUT2D eigenvalue weighted by Crippen LogP contribution is -2.00. The topological polar surface area (TPSA) is 84.0 Å². The van der Waals surface area contributed by atoms with Crippen LogP contribution < -0.4 is 10.6 Å². The standard InChI is InChI=1S/C17H15FN4.Cl2O2S.ClH/c1-12-11-14(7-8-15(12)18)20-16-9-10-19-17(22-16)21-13-5-3-2-4-6-13;1-5(2,3)4;/h2-11H,1H3,(H2,19,20,21,22);;1H. The van der Waals surface area contributed by atoms with E-state index >= 15 is 0 Å². The second-order valence-corrected chi connectivity index (χ2v) is 8.89. The quantitative estimate of drug-likeness (QED) is 0.492. The lowest BCUT2D eigenvalue weighted by Gasteiger charge is -2.09. The zero-order chi connectivity index (χ0) is 19.9. The largest absolute Gasteiger partial charge is 0.340 e. The molecule has 0 aliphatic carbocycles.